The summed E-state index contributed by atoms with van der Waals surface area (Å²) in [7, 11) is -3.40. The molecule has 0 unspecified atom stereocenters. The van der Waals surface area contributed by atoms with Crippen LogP contribution in [0.1, 0.15) is 39.3 Å². The predicted octanol–water partition coefficient (Wildman–Crippen LogP) is 1.78. The fraction of sp³-hybridized carbons (Fsp3) is 0.714. The molecule has 0 bridgehead atoms. The Hall–Kier alpha value is -0.850. The Morgan fingerprint density at radius 1 is 1.40 bits per heavy atom. The van der Waals surface area contributed by atoms with Gasteiger partial charge in [-0.1, -0.05) is 13.8 Å². The van der Waals surface area contributed by atoms with E-state index in [9.17, 15) is 8.42 Å². The molecular formula is C14H25N3O2S. The Morgan fingerprint density at radius 2 is 2.10 bits per heavy atom. The molecule has 1 aromatic heterocycles. The lowest BCUT2D eigenvalue weighted by atomic mass is 9.85. The molecule has 1 aliphatic heterocycles. The first-order chi connectivity index (χ1) is 9.30. The van der Waals surface area contributed by atoms with Crippen LogP contribution < -0.4 is 5.73 Å². The van der Waals surface area contributed by atoms with Crippen LogP contribution >= 0.6 is 0 Å². The number of nitrogens with zero attached hydrogens (tertiary/aromatic N) is 2. The van der Waals surface area contributed by atoms with Crippen LogP contribution in [0.5, 0.6) is 0 Å². The standard InChI is InChI=1S/C14H25N3O2S/c1-4-16-10-13(8-12(16)9-15)20(18,19)17-7-5-6-14(2,3)11-17/h8,10H,4-7,9,11,15H2,1-3H3. The van der Waals surface area contributed by atoms with Crippen molar-refractivity contribution >= 4 is 10.0 Å². The molecular weight excluding hydrogens is 274 g/mol. The summed E-state index contributed by atoms with van der Waals surface area (Å²) in [5, 5.41) is 0. The zero-order valence-electron chi connectivity index (χ0n) is 12.6. The number of piperidine rings is 1. The minimum Gasteiger partial charge on any atom is -0.349 e. The third-order valence-corrected chi connectivity index (χ3v) is 5.82. The maximum absolute atomic E-state index is 12.7. The van der Waals surface area contributed by atoms with Gasteiger partial charge in [-0.2, -0.15) is 4.31 Å². The largest absolute Gasteiger partial charge is 0.349 e. The van der Waals surface area contributed by atoms with Gasteiger partial charge in [0.05, 0.1) is 0 Å². The first-order valence-corrected chi connectivity index (χ1v) is 8.63. The molecule has 1 fully saturated rings. The van der Waals surface area contributed by atoms with Gasteiger partial charge in [-0.05, 0) is 31.2 Å². The van der Waals surface area contributed by atoms with Crippen LogP contribution in [0, 0.1) is 5.41 Å². The van der Waals surface area contributed by atoms with Crippen molar-refractivity contribution in [2.75, 3.05) is 13.1 Å². The van der Waals surface area contributed by atoms with Crippen LogP contribution in [0.2, 0.25) is 0 Å². The summed E-state index contributed by atoms with van der Waals surface area (Å²) >= 11 is 0. The molecule has 0 spiro atoms. The van der Waals surface area contributed by atoms with E-state index in [4.69, 9.17) is 5.73 Å². The molecule has 5 nitrogen and oxygen atoms in total. The number of rotatable bonds is 4. The Labute approximate surface area is 121 Å². The van der Waals surface area contributed by atoms with Crippen molar-refractivity contribution in [3.05, 3.63) is 18.0 Å². The van der Waals surface area contributed by atoms with Crippen LogP contribution in [0.4, 0.5) is 0 Å². The molecule has 1 saturated heterocycles. The van der Waals surface area contributed by atoms with E-state index >= 15 is 0 Å². The third kappa shape index (κ3) is 2.92. The second-order valence-corrected chi connectivity index (χ2v) is 8.20. The Morgan fingerprint density at radius 3 is 2.60 bits per heavy atom. The summed E-state index contributed by atoms with van der Waals surface area (Å²) in [6, 6.07) is 1.71. The van der Waals surface area contributed by atoms with Gasteiger partial charge in [-0.3, -0.25) is 0 Å². The van der Waals surface area contributed by atoms with Crippen LogP contribution in [-0.4, -0.2) is 30.4 Å². The minimum absolute atomic E-state index is 0.0509. The molecule has 2 rings (SSSR count). The van der Waals surface area contributed by atoms with E-state index in [1.54, 1.807) is 16.6 Å². The normalized spacial score (nSPS) is 20.2. The van der Waals surface area contributed by atoms with Gasteiger partial charge >= 0.3 is 0 Å². The van der Waals surface area contributed by atoms with Crippen molar-refractivity contribution in [1.82, 2.24) is 8.87 Å². The monoisotopic (exact) mass is 299 g/mol. The highest BCUT2D eigenvalue weighted by atomic mass is 32.2. The number of aryl methyl sites for hydroxylation is 1. The van der Waals surface area contributed by atoms with Gasteiger partial charge in [-0.15, -0.1) is 0 Å². The fourth-order valence-corrected chi connectivity index (χ4v) is 4.59. The topological polar surface area (TPSA) is 68.3 Å². The quantitative estimate of drug-likeness (QED) is 0.921. The van der Waals surface area contributed by atoms with Crippen molar-refractivity contribution in [3.63, 3.8) is 0 Å². The number of aromatic nitrogens is 1. The van der Waals surface area contributed by atoms with Crippen LogP contribution in [0.15, 0.2) is 17.2 Å². The molecule has 6 heteroatoms. The molecule has 0 aromatic carbocycles. The van der Waals surface area contributed by atoms with Crippen LogP contribution in [0.25, 0.3) is 0 Å². The second-order valence-electron chi connectivity index (χ2n) is 6.26. The Bertz CT molecular complexity index is 554. The van der Waals surface area contributed by atoms with E-state index in [1.165, 1.54) is 0 Å². The first-order valence-electron chi connectivity index (χ1n) is 7.19. The zero-order chi connectivity index (χ0) is 15.0. The number of sulfonamides is 1. The zero-order valence-corrected chi connectivity index (χ0v) is 13.4. The maximum Gasteiger partial charge on any atom is 0.244 e. The van der Waals surface area contributed by atoms with Gasteiger partial charge in [-0.25, -0.2) is 8.42 Å². The lowest BCUT2D eigenvalue weighted by Crippen LogP contribution is -2.43. The van der Waals surface area contributed by atoms with Gasteiger partial charge in [0.25, 0.3) is 0 Å². The van der Waals surface area contributed by atoms with Crippen molar-refractivity contribution in [3.8, 4) is 0 Å². The average Bonchev–Trinajstić information content (AvgIpc) is 2.81. The van der Waals surface area contributed by atoms with Gasteiger partial charge in [0.15, 0.2) is 0 Å². The van der Waals surface area contributed by atoms with Crippen molar-refractivity contribution in [1.29, 1.82) is 0 Å². The summed E-state index contributed by atoms with van der Waals surface area (Å²) < 4.78 is 29.0. The fourth-order valence-electron chi connectivity index (χ4n) is 2.86. The minimum atomic E-state index is -3.40. The first kappa shape index (κ1) is 15.5. The van der Waals surface area contributed by atoms with Gasteiger partial charge in [0.1, 0.15) is 4.90 Å². The van der Waals surface area contributed by atoms with Gasteiger partial charge < -0.3 is 10.3 Å². The highest BCUT2D eigenvalue weighted by molar-refractivity contribution is 7.89. The number of nitrogens with two attached hydrogens (primary N) is 1. The van der Waals surface area contributed by atoms with Crippen LogP contribution in [0.3, 0.4) is 0 Å². The summed E-state index contributed by atoms with van der Waals surface area (Å²) in [5.74, 6) is 0. The predicted molar refractivity (Wildman–Crippen MR) is 79.8 cm³/mol. The van der Waals surface area contributed by atoms with E-state index in [0.29, 0.717) is 24.5 Å². The molecule has 2 heterocycles. The van der Waals surface area contributed by atoms with E-state index in [-0.39, 0.29) is 5.41 Å². The maximum atomic E-state index is 12.7. The summed E-state index contributed by atoms with van der Waals surface area (Å²) in [6.45, 7) is 8.52. The smallest absolute Gasteiger partial charge is 0.244 e. The molecule has 0 atom stereocenters. The third-order valence-electron chi connectivity index (χ3n) is 4.01. The van der Waals surface area contributed by atoms with Crippen molar-refractivity contribution in [2.24, 2.45) is 11.1 Å². The lowest BCUT2D eigenvalue weighted by Gasteiger charge is -2.36. The van der Waals surface area contributed by atoms with Gasteiger partial charge in [0, 0.05) is 38.1 Å². The molecule has 2 N–H and O–H groups in total. The van der Waals surface area contributed by atoms with Gasteiger partial charge in [0.2, 0.25) is 10.0 Å². The summed E-state index contributed by atoms with van der Waals surface area (Å²) in [5.41, 5.74) is 6.59. The molecule has 20 heavy (non-hydrogen) atoms. The Kier molecular flexibility index (Phi) is 4.27. The van der Waals surface area contributed by atoms with E-state index in [2.05, 4.69) is 13.8 Å². The van der Waals surface area contributed by atoms with Crippen molar-refractivity contribution in [2.45, 2.75) is 51.6 Å². The molecule has 0 aliphatic carbocycles. The summed E-state index contributed by atoms with van der Waals surface area (Å²) in [6.07, 6.45) is 3.70. The molecule has 1 aromatic rings. The molecule has 114 valence electrons. The highest BCUT2D eigenvalue weighted by Crippen LogP contribution is 2.32. The van der Waals surface area contributed by atoms with E-state index < -0.39 is 10.0 Å². The molecule has 1 aliphatic rings. The number of hydrogen-bond donors (Lipinski definition) is 1. The number of hydrogen-bond acceptors (Lipinski definition) is 3. The molecule has 0 saturated carbocycles. The SMILES string of the molecule is CCn1cc(S(=O)(=O)N2CCCC(C)(C)C2)cc1CN. The lowest BCUT2D eigenvalue weighted by molar-refractivity contribution is 0.187. The molecule has 0 amide bonds. The Balaban J connectivity index is 2.32. The van der Waals surface area contributed by atoms with E-state index in [1.807, 2.05) is 11.5 Å². The summed E-state index contributed by atoms with van der Waals surface area (Å²) in [4.78, 5) is 0.373. The molecule has 0 radical (unpaired) electrons. The average molecular weight is 299 g/mol. The highest BCUT2D eigenvalue weighted by Gasteiger charge is 2.34. The van der Waals surface area contributed by atoms with Crippen LogP contribution in [-0.2, 0) is 23.1 Å². The van der Waals surface area contributed by atoms with E-state index in [0.717, 1.165) is 25.1 Å². The second kappa shape index (κ2) is 5.50. The van der Waals surface area contributed by atoms with Crippen molar-refractivity contribution < 1.29 is 8.42 Å².